The van der Waals surface area contributed by atoms with Crippen molar-refractivity contribution in [3.8, 4) is 11.4 Å². The molecule has 5 nitrogen and oxygen atoms in total. The fraction of sp³-hybridized carbons (Fsp3) is 0.385. The summed E-state index contributed by atoms with van der Waals surface area (Å²) >= 11 is 0. The second-order valence-electron chi connectivity index (χ2n) is 8.10. The molecule has 1 atom stereocenters. The van der Waals surface area contributed by atoms with Gasteiger partial charge in [0.25, 0.3) is 0 Å². The molecule has 0 saturated heterocycles. The first-order valence-electron chi connectivity index (χ1n) is 11.3. The predicted octanol–water partition coefficient (Wildman–Crippen LogP) is 6.06. The highest BCUT2D eigenvalue weighted by Gasteiger charge is 2.17. The molecule has 0 saturated carbocycles. The van der Waals surface area contributed by atoms with E-state index < -0.39 is 0 Å². The van der Waals surface area contributed by atoms with Crippen LogP contribution >= 0.6 is 0 Å². The predicted molar refractivity (Wildman–Crippen MR) is 131 cm³/mol. The quantitative estimate of drug-likeness (QED) is 0.392. The van der Waals surface area contributed by atoms with Gasteiger partial charge in [0.15, 0.2) is 5.82 Å². The highest BCUT2D eigenvalue weighted by Crippen LogP contribution is 2.28. The van der Waals surface area contributed by atoms with Gasteiger partial charge in [0.2, 0.25) is 0 Å². The van der Waals surface area contributed by atoms with E-state index in [4.69, 9.17) is 9.97 Å². The third kappa shape index (κ3) is 5.82. The van der Waals surface area contributed by atoms with Gasteiger partial charge in [0, 0.05) is 30.3 Å². The van der Waals surface area contributed by atoms with Crippen LogP contribution in [-0.4, -0.2) is 23.1 Å². The normalized spacial score (nSPS) is 11.9. The van der Waals surface area contributed by atoms with E-state index in [1.807, 2.05) is 18.2 Å². The Morgan fingerprint density at radius 1 is 0.903 bits per heavy atom. The number of hydrazine groups is 1. The van der Waals surface area contributed by atoms with E-state index in [1.54, 1.807) is 0 Å². The number of aryl methyl sites for hydroxylation is 1. The van der Waals surface area contributed by atoms with Crippen molar-refractivity contribution in [2.24, 2.45) is 0 Å². The standard InChI is InChI=1S/C26H35N5/c1-6-16-31(17-7-2)26-20(4)24(27-25(28-26)22-13-9-8-10-14-22)30-29-21(5)23-15-11-12-19(3)18-23/h8-15,18,21,29H,6-7,16-17H2,1-5H3,(H,27,28,30). The summed E-state index contributed by atoms with van der Waals surface area (Å²) in [7, 11) is 0. The molecular weight excluding hydrogens is 382 g/mol. The molecule has 164 valence electrons. The van der Waals surface area contributed by atoms with Gasteiger partial charge in [0.1, 0.15) is 11.6 Å². The highest BCUT2D eigenvalue weighted by atomic mass is 15.4. The van der Waals surface area contributed by atoms with Crippen LogP contribution in [0.1, 0.15) is 56.3 Å². The maximum Gasteiger partial charge on any atom is 0.163 e. The van der Waals surface area contributed by atoms with Gasteiger partial charge in [0.05, 0.1) is 0 Å². The van der Waals surface area contributed by atoms with Gasteiger partial charge in [-0.1, -0.05) is 74.0 Å². The zero-order valence-corrected chi connectivity index (χ0v) is 19.4. The molecule has 31 heavy (non-hydrogen) atoms. The summed E-state index contributed by atoms with van der Waals surface area (Å²) in [6, 6.07) is 18.9. The Kier molecular flexibility index (Phi) is 8.01. The summed E-state index contributed by atoms with van der Waals surface area (Å²) in [5.41, 5.74) is 11.4. The van der Waals surface area contributed by atoms with Crippen molar-refractivity contribution in [3.05, 3.63) is 71.3 Å². The first-order chi connectivity index (χ1) is 15.0. The molecule has 1 aromatic heterocycles. The van der Waals surface area contributed by atoms with E-state index in [-0.39, 0.29) is 6.04 Å². The summed E-state index contributed by atoms with van der Waals surface area (Å²) in [5.74, 6) is 2.57. The number of anilines is 2. The first kappa shape index (κ1) is 22.8. The lowest BCUT2D eigenvalue weighted by Crippen LogP contribution is -2.30. The SMILES string of the molecule is CCCN(CCC)c1nc(-c2ccccc2)nc(NNC(C)c2cccc(C)c2)c1C. The Morgan fingerprint density at radius 2 is 1.61 bits per heavy atom. The lowest BCUT2D eigenvalue weighted by atomic mass is 10.1. The summed E-state index contributed by atoms with van der Waals surface area (Å²) in [6.45, 7) is 12.7. The Morgan fingerprint density at radius 3 is 2.26 bits per heavy atom. The Labute approximate surface area is 186 Å². The van der Waals surface area contributed by atoms with Crippen molar-refractivity contribution < 1.29 is 0 Å². The molecule has 0 aliphatic heterocycles. The highest BCUT2D eigenvalue weighted by molar-refractivity contribution is 5.66. The van der Waals surface area contributed by atoms with Crippen molar-refractivity contribution >= 4 is 11.6 Å². The molecule has 0 radical (unpaired) electrons. The van der Waals surface area contributed by atoms with Crippen LogP contribution in [0.2, 0.25) is 0 Å². The molecule has 0 aliphatic carbocycles. The fourth-order valence-electron chi connectivity index (χ4n) is 3.71. The van der Waals surface area contributed by atoms with Crippen LogP contribution in [0.5, 0.6) is 0 Å². The van der Waals surface area contributed by atoms with E-state index in [2.05, 4.69) is 86.8 Å². The smallest absolute Gasteiger partial charge is 0.163 e. The van der Waals surface area contributed by atoms with E-state index in [0.717, 1.165) is 54.5 Å². The van der Waals surface area contributed by atoms with Gasteiger partial charge in [-0.05, 0) is 39.2 Å². The molecule has 3 rings (SSSR count). The topological polar surface area (TPSA) is 53.1 Å². The van der Waals surface area contributed by atoms with Crippen LogP contribution in [0, 0.1) is 13.8 Å². The molecule has 0 aliphatic rings. The van der Waals surface area contributed by atoms with Crippen molar-refractivity contribution in [3.63, 3.8) is 0 Å². The molecule has 0 amide bonds. The van der Waals surface area contributed by atoms with Crippen LogP contribution in [0.15, 0.2) is 54.6 Å². The number of hydrogen-bond acceptors (Lipinski definition) is 5. The van der Waals surface area contributed by atoms with Crippen LogP contribution < -0.4 is 15.8 Å². The minimum atomic E-state index is 0.139. The Balaban J connectivity index is 1.94. The summed E-state index contributed by atoms with van der Waals surface area (Å²) in [4.78, 5) is 12.2. The minimum absolute atomic E-state index is 0.139. The first-order valence-corrected chi connectivity index (χ1v) is 11.3. The second kappa shape index (κ2) is 10.9. The van der Waals surface area contributed by atoms with Crippen LogP contribution in [0.3, 0.4) is 0 Å². The number of rotatable bonds is 10. The van der Waals surface area contributed by atoms with Gasteiger partial charge in [-0.15, -0.1) is 0 Å². The summed E-state index contributed by atoms with van der Waals surface area (Å²) < 4.78 is 0. The molecule has 2 aromatic carbocycles. The Hall–Kier alpha value is -2.92. The van der Waals surface area contributed by atoms with Gasteiger partial charge in [-0.25, -0.2) is 15.4 Å². The number of nitrogens with zero attached hydrogens (tertiary/aromatic N) is 3. The average molecular weight is 418 g/mol. The zero-order valence-electron chi connectivity index (χ0n) is 19.4. The maximum atomic E-state index is 4.98. The molecular formula is C26H35N5. The van der Waals surface area contributed by atoms with Crippen LogP contribution in [-0.2, 0) is 0 Å². The monoisotopic (exact) mass is 417 g/mol. The van der Waals surface area contributed by atoms with Crippen molar-refractivity contribution in [2.75, 3.05) is 23.4 Å². The van der Waals surface area contributed by atoms with E-state index in [1.165, 1.54) is 11.1 Å². The van der Waals surface area contributed by atoms with Crippen LogP contribution in [0.25, 0.3) is 11.4 Å². The van der Waals surface area contributed by atoms with Gasteiger partial charge in [-0.3, -0.25) is 0 Å². The van der Waals surface area contributed by atoms with Gasteiger partial charge < -0.3 is 10.3 Å². The molecule has 1 heterocycles. The zero-order chi connectivity index (χ0) is 22.2. The summed E-state index contributed by atoms with van der Waals surface area (Å²) in [5, 5.41) is 0. The lowest BCUT2D eigenvalue weighted by Gasteiger charge is -2.26. The molecule has 0 spiro atoms. The van der Waals surface area contributed by atoms with Gasteiger partial charge in [-0.2, -0.15) is 0 Å². The van der Waals surface area contributed by atoms with Crippen molar-refractivity contribution in [2.45, 2.75) is 53.5 Å². The van der Waals surface area contributed by atoms with E-state index >= 15 is 0 Å². The third-order valence-corrected chi connectivity index (χ3v) is 5.39. The molecule has 0 fully saturated rings. The molecule has 5 heteroatoms. The number of nitrogens with one attached hydrogen (secondary N) is 2. The van der Waals surface area contributed by atoms with Crippen molar-refractivity contribution in [1.29, 1.82) is 0 Å². The molecule has 3 aromatic rings. The largest absolute Gasteiger partial charge is 0.356 e. The molecule has 2 N–H and O–H groups in total. The number of hydrogen-bond donors (Lipinski definition) is 2. The molecule has 1 unspecified atom stereocenters. The second-order valence-corrected chi connectivity index (χ2v) is 8.10. The number of aromatic nitrogens is 2. The Bertz CT molecular complexity index is 965. The van der Waals surface area contributed by atoms with Crippen LogP contribution in [0.4, 0.5) is 11.6 Å². The van der Waals surface area contributed by atoms with Gasteiger partial charge >= 0.3 is 0 Å². The third-order valence-electron chi connectivity index (χ3n) is 5.39. The number of benzene rings is 2. The average Bonchev–Trinajstić information content (AvgIpc) is 2.78. The maximum absolute atomic E-state index is 4.98. The van der Waals surface area contributed by atoms with Crippen molar-refractivity contribution in [1.82, 2.24) is 15.4 Å². The fourth-order valence-corrected chi connectivity index (χ4v) is 3.71. The molecule has 0 bridgehead atoms. The summed E-state index contributed by atoms with van der Waals surface area (Å²) in [6.07, 6.45) is 2.16. The minimum Gasteiger partial charge on any atom is -0.356 e. The van der Waals surface area contributed by atoms with E-state index in [9.17, 15) is 0 Å². The van der Waals surface area contributed by atoms with E-state index in [0.29, 0.717) is 0 Å². The lowest BCUT2D eigenvalue weighted by molar-refractivity contribution is 0.639.